The minimum Gasteiger partial charge on any atom is -0.494 e. The van der Waals surface area contributed by atoms with Gasteiger partial charge in [-0.15, -0.1) is 0 Å². The van der Waals surface area contributed by atoms with Gasteiger partial charge in [-0.05, 0) is 43.5 Å². The van der Waals surface area contributed by atoms with Crippen LogP contribution in [0, 0.1) is 17.2 Å². The molecule has 5 heteroatoms. The molecule has 0 aromatic heterocycles. The molecule has 1 aromatic rings. The van der Waals surface area contributed by atoms with Gasteiger partial charge in [0.15, 0.2) is 9.84 Å². The van der Waals surface area contributed by atoms with Crippen molar-refractivity contribution in [3.63, 3.8) is 0 Å². The van der Waals surface area contributed by atoms with E-state index in [1.807, 2.05) is 19.9 Å². The zero-order valence-corrected chi connectivity index (χ0v) is 13.0. The molecular weight excluding hydrogens is 274 g/mol. The lowest BCUT2D eigenvalue weighted by Crippen LogP contribution is -2.26. The van der Waals surface area contributed by atoms with E-state index in [2.05, 4.69) is 0 Å². The van der Waals surface area contributed by atoms with Gasteiger partial charge in [0.2, 0.25) is 0 Å². The van der Waals surface area contributed by atoms with Crippen LogP contribution in [0.2, 0.25) is 0 Å². The lowest BCUT2D eigenvalue weighted by atomic mass is 10.2. The Kier molecular flexibility index (Phi) is 6.03. The van der Waals surface area contributed by atoms with Crippen LogP contribution in [0.5, 0.6) is 5.75 Å². The van der Waals surface area contributed by atoms with E-state index in [0.29, 0.717) is 24.3 Å². The summed E-state index contributed by atoms with van der Waals surface area (Å²) in [6.45, 7) is 5.93. The van der Waals surface area contributed by atoms with Gasteiger partial charge >= 0.3 is 0 Å². The first-order valence-corrected chi connectivity index (χ1v) is 8.43. The van der Waals surface area contributed by atoms with Crippen molar-refractivity contribution in [1.29, 1.82) is 5.26 Å². The molecule has 1 unspecified atom stereocenters. The normalized spacial score (nSPS) is 12.9. The van der Waals surface area contributed by atoms with Crippen LogP contribution in [0.25, 0.3) is 0 Å². The first kappa shape index (κ1) is 16.5. The van der Waals surface area contributed by atoms with E-state index in [1.54, 1.807) is 31.2 Å². The van der Waals surface area contributed by atoms with Crippen molar-refractivity contribution in [3.8, 4) is 11.8 Å². The third-order valence-corrected chi connectivity index (χ3v) is 5.87. The molecule has 110 valence electrons. The van der Waals surface area contributed by atoms with E-state index in [1.165, 1.54) is 0 Å². The van der Waals surface area contributed by atoms with Crippen LogP contribution in [-0.2, 0) is 9.84 Å². The van der Waals surface area contributed by atoms with E-state index >= 15 is 0 Å². The number of nitriles is 1. The average Bonchev–Trinajstić information content (AvgIpc) is 2.43. The molecule has 1 aromatic carbocycles. The Morgan fingerprint density at radius 2 is 1.80 bits per heavy atom. The van der Waals surface area contributed by atoms with Gasteiger partial charge in [-0.1, -0.05) is 13.8 Å². The van der Waals surface area contributed by atoms with Crippen molar-refractivity contribution in [3.05, 3.63) is 29.8 Å². The molecule has 0 saturated carbocycles. The smallest absolute Gasteiger partial charge is 0.153 e. The zero-order chi connectivity index (χ0) is 15.2. The van der Waals surface area contributed by atoms with E-state index < -0.39 is 9.84 Å². The fraction of sp³-hybridized carbons (Fsp3) is 0.533. The quantitative estimate of drug-likeness (QED) is 0.725. The van der Waals surface area contributed by atoms with Crippen LogP contribution in [-0.4, -0.2) is 26.0 Å². The zero-order valence-electron chi connectivity index (χ0n) is 12.2. The molecule has 0 aliphatic carbocycles. The molecular formula is C15H21NO3S. The summed E-state index contributed by atoms with van der Waals surface area (Å²) in [5.74, 6) is 0.917. The maximum Gasteiger partial charge on any atom is 0.153 e. The molecule has 20 heavy (non-hydrogen) atoms. The first-order chi connectivity index (χ1) is 9.36. The summed E-state index contributed by atoms with van der Waals surface area (Å²) >= 11 is 0. The Morgan fingerprint density at radius 3 is 2.30 bits per heavy atom. The van der Waals surface area contributed by atoms with Gasteiger partial charge in [-0.3, -0.25) is 0 Å². The highest BCUT2D eigenvalue weighted by atomic mass is 32.2. The minimum absolute atomic E-state index is 0.124. The van der Waals surface area contributed by atoms with Crippen molar-refractivity contribution >= 4 is 9.84 Å². The van der Waals surface area contributed by atoms with E-state index in [4.69, 9.17) is 10.00 Å². The summed E-state index contributed by atoms with van der Waals surface area (Å²) in [7, 11) is -3.05. The third kappa shape index (κ3) is 4.86. The van der Waals surface area contributed by atoms with Gasteiger partial charge in [-0.2, -0.15) is 5.26 Å². The van der Waals surface area contributed by atoms with Crippen LogP contribution in [0.4, 0.5) is 0 Å². The van der Waals surface area contributed by atoms with Gasteiger partial charge in [-0.25, -0.2) is 8.42 Å². The van der Waals surface area contributed by atoms with Crippen LogP contribution in [0.3, 0.4) is 0 Å². The molecule has 0 heterocycles. The molecule has 1 atom stereocenters. The van der Waals surface area contributed by atoms with Gasteiger partial charge in [0, 0.05) is 0 Å². The topological polar surface area (TPSA) is 67.2 Å². The van der Waals surface area contributed by atoms with Gasteiger partial charge in [0.05, 0.1) is 29.2 Å². The highest BCUT2D eigenvalue weighted by molar-refractivity contribution is 7.92. The van der Waals surface area contributed by atoms with E-state index in [9.17, 15) is 8.42 Å². The molecule has 0 aliphatic heterocycles. The first-order valence-electron chi connectivity index (χ1n) is 6.71. The molecule has 0 aliphatic rings. The number of ether oxygens (including phenoxy) is 1. The fourth-order valence-corrected chi connectivity index (χ4v) is 3.40. The Balaban J connectivity index is 2.40. The highest BCUT2D eigenvalue weighted by Gasteiger charge is 2.23. The summed E-state index contributed by atoms with van der Waals surface area (Å²) in [6.07, 6.45) is 0.472. The van der Waals surface area contributed by atoms with Crippen LogP contribution >= 0.6 is 0 Å². The second-order valence-corrected chi connectivity index (χ2v) is 7.63. The number of nitrogens with zero attached hydrogens (tertiary/aromatic N) is 1. The predicted octanol–water partition coefficient (Wildman–Crippen LogP) is 2.79. The average molecular weight is 295 g/mol. The van der Waals surface area contributed by atoms with E-state index in [-0.39, 0.29) is 16.9 Å². The van der Waals surface area contributed by atoms with E-state index in [0.717, 1.165) is 0 Å². The molecule has 0 radical (unpaired) electrons. The highest BCUT2D eigenvalue weighted by Crippen LogP contribution is 2.15. The summed E-state index contributed by atoms with van der Waals surface area (Å²) < 4.78 is 29.4. The van der Waals surface area contributed by atoms with Crippen molar-refractivity contribution in [1.82, 2.24) is 0 Å². The summed E-state index contributed by atoms with van der Waals surface area (Å²) in [5, 5.41) is 8.35. The molecule has 0 N–H and O–H groups in total. The monoisotopic (exact) mass is 295 g/mol. The standard InChI is InChI=1S/C15H21NO3S/c1-12(2)13(3)20(17,18)10-4-9-19-15-7-5-14(11-16)6-8-15/h5-8,12-13H,4,9-10H2,1-3H3. The summed E-state index contributed by atoms with van der Waals surface area (Å²) in [4.78, 5) is 0. The second-order valence-electron chi connectivity index (χ2n) is 5.15. The molecule has 0 bridgehead atoms. The molecule has 0 saturated heterocycles. The lowest BCUT2D eigenvalue weighted by molar-refractivity contribution is 0.317. The second kappa shape index (κ2) is 7.30. The van der Waals surface area contributed by atoms with Crippen molar-refractivity contribution < 1.29 is 13.2 Å². The molecule has 4 nitrogen and oxygen atoms in total. The van der Waals surface area contributed by atoms with Crippen LogP contribution in [0.1, 0.15) is 32.8 Å². The number of hydrogen-bond acceptors (Lipinski definition) is 4. The molecule has 0 fully saturated rings. The Hall–Kier alpha value is -1.54. The number of sulfone groups is 1. The molecule has 1 rings (SSSR count). The molecule has 0 amide bonds. The number of rotatable bonds is 7. The fourth-order valence-electron chi connectivity index (χ4n) is 1.68. The maximum atomic E-state index is 12.0. The van der Waals surface area contributed by atoms with Gasteiger partial charge in [0.1, 0.15) is 5.75 Å². The lowest BCUT2D eigenvalue weighted by Gasteiger charge is -2.16. The van der Waals surface area contributed by atoms with Crippen molar-refractivity contribution in [2.45, 2.75) is 32.4 Å². The summed E-state index contributed by atoms with van der Waals surface area (Å²) in [6, 6.07) is 8.80. The molecule has 0 spiro atoms. The van der Waals surface area contributed by atoms with Crippen molar-refractivity contribution in [2.24, 2.45) is 5.92 Å². The number of benzene rings is 1. The van der Waals surface area contributed by atoms with Crippen LogP contribution < -0.4 is 4.74 Å². The SMILES string of the molecule is CC(C)C(C)S(=O)(=O)CCCOc1ccc(C#N)cc1. The largest absolute Gasteiger partial charge is 0.494 e. The number of hydrogen-bond donors (Lipinski definition) is 0. The maximum absolute atomic E-state index is 12.0. The minimum atomic E-state index is -3.05. The summed E-state index contributed by atoms with van der Waals surface area (Å²) in [5.41, 5.74) is 0.575. The Bertz CT molecular complexity index is 556. The van der Waals surface area contributed by atoms with Gasteiger partial charge < -0.3 is 4.74 Å². The van der Waals surface area contributed by atoms with Gasteiger partial charge in [0.25, 0.3) is 0 Å². The third-order valence-electron chi connectivity index (χ3n) is 3.33. The Labute approximate surface area is 121 Å². The van der Waals surface area contributed by atoms with Crippen LogP contribution in [0.15, 0.2) is 24.3 Å². The van der Waals surface area contributed by atoms with Crippen molar-refractivity contribution in [2.75, 3.05) is 12.4 Å². The predicted molar refractivity (Wildman–Crippen MR) is 79.4 cm³/mol. The Morgan fingerprint density at radius 1 is 1.20 bits per heavy atom.